The number of methoxy groups -OCH3 is 1. The zero-order valence-electron chi connectivity index (χ0n) is 26.9. The summed E-state index contributed by atoms with van der Waals surface area (Å²) in [4.78, 5) is 23.3. The molecule has 5 aromatic rings. The van der Waals surface area contributed by atoms with Crippen molar-refractivity contribution < 1.29 is 13.2 Å². The van der Waals surface area contributed by atoms with Gasteiger partial charge in [0.2, 0.25) is 16.0 Å². The third-order valence-corrected chi connectivity index (χ3v) is 10.6. The number of sulfonamides is 1. The summed E-state index contributed by atoms with van der Waals surface area (Å²) < 4.78 is 33.3. The maximum Gasteiger partial charge on any atom is 0.232 e. The standard InChI is InChI=1S/C32H39N9O3S2/c1-7-20-18-25(27(44-5)19-26(20)41-15-10-21(11-16-41)39(2)3)37-32-36-24-12-17-45-30(24)31(38-32)35-23-9-8-22-28(34-14-13-33-22)29(23)40(4)46(6,42)43/h8-9,12-14,17-19,21H,7,10-11,15-16H2,1-6H3,(H2,35,36,37,38). The number of nitrogens with zero attached hydrogens (tertiary/aromatic N) is 7. The van der Waals surface area contributed by atoms with Crippen LogP contribution in [0.3, 0.4) is 0 Å². The highest BCUT2D eigenvalue weighted by Gasteiger charge is 2.25. The first-order valence-corrected chi connectivity index (χ1v) is 17.9. The first-order valence-electron chi connectivity index (χ1n) is 15.2. The summed E-state index contributed by atoms with van der Waals surface area (Å²) in [6.45, 7) is 4.15. The van der Waals surface area contributed by atoms with Crippen molar-refractivity contribution in [2.24, 2.45) is 0 Å². The van der Waals surface area contributed by atoms with Crippen molar-refractivity contribution in [3.63, 3.8) is 0 Å². The minimum Gasteiger partial charge on any atom is -0.494 e. The Morgan fingerprint density at radius 3 is 2.46 bits per heavy atom. The van der Waals surface area contributed by atoms with E-state index in [1.54, 1.807) is 31.6 Å². The van der Waals surface area contributed by atoms with Gasteiger partial charge in [0.1, 0.15) is 17.0 Å². The molecule has 0 unspecified atom stereocenters. The molecular formula is C32H39N9O3S2. The van der Waals surface area contributed by atoms with Crippen molar-refractivity contribution in [2.45, 2.75) is 32.2 Å². The molecule has 2 aromatic carbocycles. The lowest BCUT2D eigenvalue weighted by Gasteiger charge is -2.37. The van der Waals surface area contributed by atoms with Crippen LogP contribution in [0.25, 0.3) is 21.3 Å². The fraction of sp³-hybridized carbons (Fsp3) is 0.375. The Hall–Kier alpha value is -4.27. The molecule has 14 heteroatoms. The van der Waals surface area contributed by atoms with Crippen LogP contribution in [0.1, 0.15) is 25.3 Å². The van der Waals surface area contributed by atoms with Crippen LogP contribution in [0.15, 0.2) is 48.1 Å². The summed E-state index contributed by atoms with van der Waals surface area (Å²) in [7, 11) is 3.87. The maximum atomic E-state index is 12.7. The van der Waals surface area contributed by atoms with Crippen LogP contribution in [0.5, 0.6) is 5.75 Å². The molecule has 242 valence electrons. The summed E-state index contributed by atoms with van der Waals surface area (Å²) in [6, 6.07) is 10.4. The zero-order valence-corrected chi connectivity index (χ0v) is 28.5. The van der Waals surface area contributed by atoms with E-state index in [9.17, 15) is 8.42 Å². The number of aryl methyl sites for hydroxylation is 1. The van der Waals surface area contributed by atoms with Crippen LogP contribution in [0, 0.1) is 0 Å². The zero-order chi connectivity index (χ0) is 32.6. The van der Waals surface area contributed by atoms with Gasteiger partial charge in [0.25, 0.3) is 0 Å². The summed E-state index contributed by atoms with van der Waals surface area (Å²) in [5.74, 6) is 1.62. The number of nitrogens with one attached hydrogen (secondary N) is 2. The van der Waals surface area contributed by atoms with E-state index in [0.717, 1.165) is 54.5 Å². The molecule has 0 atom stereocenters. The van der Waals surface area contributed by atoms with Gasteiger partial charge in [-0.05, 0) is 68.6 Å². The molecule has 46 heavy (non-hydrogen) atoms. The summed E-state index contributed by atoms with van der Waals surface area (Å²) >= 11 is 1.50. The van der Waals surface area contributed by atoms with Gasteiger partial charge in [-0.2, -0.15) is 4.98 Å². The second-order valence-electron chi connectivity index (χ2n) is 11.6. The molecule has 6 rings (SSSR count). The molecule has 0 aliphatic carbocycles. The highest BCUT2D eigenvalue weighted by Crippen LogP contribution is 2.40. The SMILES string of the molecule is CCc1cc(Nc2nc(Nc3ccc4nccnc4c3N(C)S(C)(=O)=O)c3sccc3n2)c(OC)cc1N1CCC(N(C)C)CC1. The van der Waals surface area contributed by atoms with Crippen molar-refractivity contribution in [1.82, 2.24) is 24.8 Å². The van der Waals surface area contributed by atoms with Crippen LogP contribution in [0.2, 0.25) is 0 Å². The molecule has 0 radical (unpaired) electrons. The molecule has 2 N–H and O–H groups in total. The van der Waals surface area contributed by atoms with Gasteiger partial charge in [0.05, 0.1) is 40.5 Å². The Morgan fingerprint density at radius 2 is 1.76 bits per heavy atom. The topological polar surface area (TPSA) is 129 Å². The average Bonchev–Trinajstić information content (AvgIpc) is 3.53. The first-order chi connectivity index (χ1) is 22.1. The van der Waals surface area contributed by atoms with E-state index in [0.29, 0.717) is 46.0 Å². The van der Waals surface area contributed by atoms with E-state index in [1.165, 1.54) is 33.9 Å². The lowest BCUT2D eigenvalue weighted by molar-refractivity contribution is 0.249. The Kier molecular flexibility index (Phi) is 8.86. The highest BCUT2D eigenvalue weighted by atomic mass is 32.2. The highest BCUT2D eigenvalue weighted by molar-refractivity contribution is 7.92. The monoisotopic (exact) mass is 661 g/mol. The van der Waals surface area contributed by atoms with Crippen molar-refractivity contribution in [1.29, 1.82) is 0 Å². The number of rotatable bonds is 10. The van der Waals surface area contributed by atoms with Gasteiger partial charge in [0.15, 0.2) is 5.82 Å². The molecular weight excluding hydrogens is 623 g/mol. The first kappa shape index (κ1) is 31.7. The van der Waals surface area contributed by atoms with E-state index in [-0.39, 0.29) is 0 Å². The lowest BCUT2D eigenvalue weighted by Crippen LogP contribution is -2.42. The molecule has 0 bridgehead atoms. The number of benzene rings is 2. The summed E-state index contributed by atoms with van der Waals surface area (Å²) in [5.41, 5.74) is 5.86. The minimum atomic E-state index is -3.61. The molecule has 0 spiro atoms. The smallest absolute Gasteiger partial charge is 0.232 e. The predicted octanol–water partition coefficient (Wildman–Crippen LogP) is 5.62. The maximum absolute atomic E-state index is 12.7. The van der Waals surface area contributed by atoms with Gasteiger partial charge in [0, 0.05) is 50.3 Å². The van der Waals surface area contributed by atoms with Crippen LogP contribution >= 0.6 is 11.3 Å². The van der Waals surface area contributed by atoms with Gasteiger partial charge < -0.3 is 25.2 Å². The Balaban J connectivity index is 1.37. The minimum absolute atomic E-state index is 0.380. The predicted molar refractivity (Wildman–Crippen MR) is 188 cm³/mol. The number of aromatic nitrogens is 4. The number of ether oxygens (including phenoxy) is 1. The van der Waals surface area contributed by atoms with Crippen molar-refractivity contribution in [3.8, 4) is 5.75 Å². The Bertz CT molecular complexity index is 1990. The molecule has 3 aromatic heterocycles. The van der Waals surface area contributed by atoms with Crippen molar-refractivity contribution in [2.75, 3.05) is 67.4 Å². The second-order valence-corrected chi connectivity index (χ2v) is 14.5. The number of fused-ring (bicyclic) bond motifs is 2. The third-order valence-electron chi connectivity index (χ3n) is 8.55. The number of thiophene rings is 1. The van der Waals surface area contributed by atoms with Gasteiger partial charge in [-0.3, -0.25) is 14.3 Å². The molecule has 4 heterocycles. The normalized spacial score (nSPS) is 14.3. The van der Waals surface area contributed by atoms with Crippen LogP contribution in [-0.4, -0.2) is 86.9 Å². The molecule has 1 saturated heterocycles. The molecule has 1 aliphatic rings. The fourth-order valence-corrected chi connectivity index (χ4v) is 7.23. The summed E-state index contributed by atoms with van der Waals surface area (Å²) in [6.07, 6.45) is 7.38. The number of piperidine rings is 1. The average molecular weight is 662 g/mol. The number of hydrogen-bond acceptors (Lipinski definition) is 12. The van der Waals surface area contributed by atoms with E-state index in [4.69, 9.17) is 14.7 Å². The molecule has 1 fully saturated rings. The molecule has 0 amide bonds. The quantitative estimate of drug-likeness (QED) is 0.194. The third kappa shape index (κ3) is 6.24. The lowest BCUT2D eigenvalue weighted by atomic mass is 10.0. The fourth-order valence-electron chi connectivity index (χ4n) is 5.94. The van der Waals surface area contributed by atoms with Crippen LogP contribution < -0.4 is 24.6 Å². The van der Waals surface area contributed by atoms with E-state index >= 15 is 0 Å². The van der Waals surface area contributed by atoms with Crippen molar-refractivity contribution in [3.05, 3.63) is 53.7 Å². The van der Waals surface area contributed by atoms with E-state index in [2.05, 4.69) is 63.6 Å². The second kappa shape index (κ2) is 12.9. The van der Waals surface area contributed by atoms with Gasteiger partial charge in [-0.25, -0.2) is 13.4 Å². The van der Waals surface area contributed by atoms with E-state index < -0.39 is 10.0 Å². The van der Waals surface area contributed by atoms with Gasteiger partial charge in [-0.15, -0.1) is 11.3 Å². The Morgan fingerprint density at radius 1 is 1.00 bits per heavy atom. The van der Waals surface area contributed by atoms with Gasteiger partial charge in [-0.1, -0.05) is 6.92 Å². The van der Waals surface area contributed by atoms with Crippen LogP contribution in [0.4, 0.5) is 34.5 Å². The summed E-state index contributed by atoms with van der Waals surface area (Å²) in [5, 5.41) is 8.76. The van der Waals surface area contributed by atoms with Crippen molar-refractivity contribution >= 4 is 77.1 Å². The Labute approximate surface area is 273 Å². The largest absolute Gasteiger partial charge is 0.494 e. The number of hydrogen-bond donors (Lipinski definition) is 2. The van der Waals surface area contributed by atoms with Crippen LogP contribution in [-0.2, 0) is 16.4 Å². The van der Waals surface area contributed by atoms with Gasteiger partial charge >= 0.3 is 0 Å². The van der Waals surface area contributed by atoms with E-state index in [1.807, 2.05) is 11.4 Å². The molecule has 12 nitrogen and oxygen atoms in total. The molecule has 1 aliphatic heterocycles. The molecule has 0 saturated carbocycles. The number of anilines is 6.